The molecule has 140 valence electrons. The predicted octanol–water partition coefficient (Wildman–Crippen LogP) is 5.60. The molecule has 1 aromatic heterocycles. The van der Waals surface area contributed by atoms with Gasteiger partial charge in [-0.15, -0.1) is 0 Å². The van der Waals surface area contributed by atoms with Crippen LogP contribution < -0.4 is 10.1 Å². The van der Waals surface area contributed by atoms with Crippen molar-refractivity contribution < 1.29 is 18.3 Å². The van der Waals surface area contributed by atoms with Gasteiger partial charge in [-0.2, -0.15) is 5.10 Å². The molecule has 0 spiro atoms. The summed E-state index contributed by atoms with van der Waals surface area (Å²) in [5.74, 6) is -0.287. The number of hydrogen-bond acceptors (Lipinski definition) is 3. The van der Waals surface area contributed by atoms with Gasteiger partial charge in [0.1, 0.15) is 0 Å². The van der Waals surface area contributed by atoms with Gasteiger partial charge in [-0.05, 0) is 36.2 Å². The molecule has 3 rings (SSSR count). The van der Waals surface area contributed by atoms with Crippen LogP contribution in [0.15, 0.2) is 48.7 Å². The molecule has 3 aromatic rings. The maximum atomic E-state index is 13.0. The number of rotatable bonds is 4. The molecule has 0 saturated heterocycles. The number of anilines is 1. The number of carbonyl (C=O) groups excluding carboxylic acids is 1. The standard InChI is InChI=1S/C19H16ClF2N3O2/c1-11-9-12(20)7-8-13(11)14-5-3-4-6-15(14)23-19(26)27-16-10-25(2)24-17(16)18(21)22/h3-10,18H,1-2H3,(H,23,26). The van der Waals surface area contributed by atoms with Crippen LogP contribution in [0, 0.1) is 6.92 Å². The van der Waals surface area contributed by atoms with E-state index >= 15 is 0 Å². The lowest BCUT2D eigenvalue weighted by Gasteiger charge is -2.13. The fraction of sp³-hybridized carbons (Fsp3) is 0.158. The van der Waals surface area contributed by atoms with E-state index in [4.69, 9.17) is 16.3 Å². The van der Waals surface area contributed by atoms with Crippen LogP contribution in [0.3, 0.4) is 0 Å². The molecule has 0 unspecified atom stereocenters. The number of nitrogens with zero attached hydrogens (tertiary/aromatic N) is 2. The zero-order valence-corrected chi connectivity index (χ0v) is 15.3. The van der Waals surface area contributed by atoms with Crippen LogP contribution in [0.5, 0.6) is 5.75 Å². The van der Waals surface area contributed by atoms with Gasteiger partial charge in [0.2, 0.25) is 0 Å². The van der Waals surface area contributed by atoms with Gasteiger partial charge in [-0.25, -0.2) is 13.6 Å². The fourth-order valence-corrected chi connectivity index (χ4v) is 2.93. The van der Waals surface area contributed by atoms with Gasteiger partial charge in [-0.3, -0.25) is 10.00 Å². The Morgan fingerprint density at radius 3 is 2.67 bits per heavy atom. The second kappa shape index (κ2) is 7.75. The third-order valence-electron chi connectivity index (χ3n) is 3.87. The number of aryl methyl sites for hydroxylation is 2. The monoisotopic (exact) mass is 391 g/mol. The SMILES string of the molecule is Cc1cc(Cl)ccc1-c1ccccc1NC(=O)Oc1cn(C)nc1C(F)F. The smallest absolute Gasteiger partial charge is 0.406 e. The summed E-state index contributed by atoms with van der Waals surface area (Å²) in [6, 6.07) is 12.5. The van der Waals surface area contributed by atoms with E-state index in [2.05, 4.69) is 10.4 Å². The molecule has 0 atom stereocenters. The Morgan fingerprint density at radius 1 is 1.22 bits per heavy atom. The maximum absolute atomic E-state index is 13.0. The Kier molecular flexibility index (Phi) is 5.41. The van der Waals surface area contributed by atoms with Gasteiger partial charge in [0.05, 0.1) is 11.9 Å². The topological polar surface area (TPSA) is 56.1 Å². The molecule has 5 nitrogen and oxygen atoms in total. The van der Waals surface area contributed by atoms with Crippen LogP contribution in [-0.2, 0) is 7.05 Å². The Hall–Kier alpha value is -2.93. The van der Waals surface area contributed by atoms with Crippen molar-refractivity contribution in [2.24, 2.45) is 7.05 Å². The Morgan fingerprint density at radius 2 is 1.96 bits per heavy atom. The second-order valence-electron chi connectivity index (χ2n) is 5.87. The molecule has 1 heterocycles. The van der Waals surface area contributed by atoms with E-state index in [-0.39, 0.29) is 5.75 Å². The summed E-state index contributed by atoms with van der Waals surface area (Å²) in [7, 11) is 1.47. The number of alkyl halides is 2. The van der Waals surface area contributed by atoms with Crippen LogP contribution in [0.2, 0.25) is 5.02 Å². The van der Waals surface area contributed by atoms with E-state index in [1.807, 2.05) is 31.2 Å². The fourth-order valence-electron chi connectivity index (χ4n) is 2.71. The van der Waals surface area contributed by atoms with E-state index in [1.165, 1.54) is 13.2 Å². The molecule has 2 aromatic carbocycles. The Bertz CT molecular complexity index is 989. The third-order valence-corrected chi connectivity index (χ3v) is 4.11. The highest BCUT2D eigenvalue weighted by molar-refractivity contribution is 6.30. The number of benzene rings is 2. The number of carbonyl (C=O) groups is 1. The van der Waals surface area contributed by atoms with E-state index in [9.17, 15) is 13.6 Å². The Labute approximate surface area is 159 Å². The van der Waals surface area contributed by atoms with Crippen molar-refractivity contribution >= 4 is 23.4 Å². The zero-order chi connectivity index (χ0) is 19.6. The van der Waals surface area contributed by atoms with Crippen molar-refractivity contribution in [3.63, 3.8) is 0 Å². The van der Waals surface area contributed by atoms with Gasteiger partial charge in [0.25, 0.3) is 6.43 Å². The van der Waals surface area contributed by atoms with Crippen LogP contribution in [0.4, 0.5) is 19.3 Å². The first kappa shape index (κ1) is 18.8. The number of halogens is 3. The molecule has 0 saturated carbocycles. The van der Waals surface area contributed by atoms with Crippen molar-refractivity contribution in [1.29, 1.82) is 0 Å². The minimum Gasteiger partial charge on any atom is -0.406 e. The number of hydrogen-bond donors (Lipinski definition) is 1. The van der Waals surface area contributed by atoms with Crippen LogP contribution in [0.1, 0.15) is 17.7 Å². The lowest BCUT2D eigenvalue weighted by molar-refractivity contribution is 0.141. The van der Waals surface area contributed by atoms with E-state index in [1.54, 1.807) is 18.2 Å². The Balaban J connectivity index is 1.85. The molecule has 0 aliphatic rings. The number of amides is 1. The first-order valence-electron chi connectivity index (χ1n) is 8.01. The lowest BCUT2D eigenvalue weighted by Crippen LogP contribution is -2.17. The maximum Gasteiger partial charge on any atom is 0.417 e. The summed E-state index contributed by atoms with van der Waals surface area (Å²) in [5.41, 5.74) is 2.45. The zero-order valence-electron chi connectivity index (χ0n) is 14.5. The largest absolute Gasteiger partial charge is 0.417 e. The number of aromatic nitrogens is 2. The number of para-hydroxylation sites is 1. The van der Waals surface area contributed by atoms with Crippen molar-refractivity contribution in [1.82, 2.24) is 9.78 Å². The molecule has 0 aliphatic heterocycles. The van der Waals surface area contributed by atoms with E-state index in [0.717, 1.165) is 21.4 Å². The van der Waals surface area contributed by atoms with Gasteiger partial charge in [-0.1, -0.05) is 35.9 Å². The van der Waals surface area contributed by atoms with Crippen LogP contribution >= 0.6 is 11.6 Å². The first-order chi connectivity index (χ1) is 12.8. The van der Waals surface area contributed by atoms with Crippen molar-refractivity contribution in [2.75, 3.05) is 5.32 Å². The molecule has 1 amide bonds. The molecule has 0 radical (unpaired) electrons. The summed E-state index contributed by atoms with van der Waals surface area (Å²) in [5, 5.41) is 6.81. The molecular formula is C19H16ClF2N3O2. The number of ether oxygens (including phenoxy) is 1. The van der Waals surface area contributed by atoms with E-state index in [0.29, 0.717) is 10.7 Å². The molecule has 0 bridgehead atoms. The predicted molar refractivity (Wildman–Crippen MR) is 99.4 cm³/mol. The van der Waals surface area contributed by atoms with Crippen LogP contribution in [0.25, 0.3) is 11.1 Å². The number of nitrogens with one attached hydrogen (secondary N) is 1. The summed E-state index contributed by atoms with van der Waals surface area (Å²) in [6.45, 7) is 1.90. The highest BCUT2D eigenvalue weighted by atomic mass is 35.5. The van der Waals surface area contributed by atoms with Crippen LogP contribution in [-0.4, -0.2) is 15.9 Å². The van der Waals surface area contributed by atoms with Gasteiger partial charge >= 0.3 is 6.09 Å². The highest BCUT2D eigenvalue weighted by Gasteiger charge is 2.21. The molecule has 8 heteroatoms. The molecule has 0 aliphatic carbocycles. The molecular weight excluding hydrogens is 376 g/mol. The molecule has 0 fully saturated rings. The summed E-state index contributed by atoms with van der Waals surface area (Å²) in [4.78, 5) is 12.3. The summed E-state index contributed by atoms with van der Waals surface area (Å²) >= 11 is 6.00. The minimum absolute atomic E-state index is 0.287. The first-order valence-corrected chi connectivity index (χ1v) is 8.39. The van der Waals surface area contributed by atoms with Gasteiger partial charge < -0.3 is 4.74 Å². The van der Waals surface area contributed by atoms with Gasteiger partial charge in [0.15, 0.2) is 11.4 Å². The summed E-state index contributed by atoms with van der Waals surface area (Å²) < 4.78 is 32.2. The third kappa shape index (κ3) is 4.25. The van der Waals surface area contributed by atoms with E-state index < -0.39 is 18.2 Å². The van der Waals surface area contributed by atoms with Crippen molar-refractivity contribution in [2.45, 2.75) is 13.3 Å². The lowest BCUT2D eigenvalue weighted by atomic mass is 9.99. The second-order valence-corrected chi connectivity index (χ2v) is 6.31. The average Bonchev–Trinajstić information content (AvgIpc) is 2.96. The quantitative estimate of drug-likeness (QED) is 0.630. The normalized spacial score (nSPS) is 10.9. The minimum atomic E-state index is -2.85. The molecule has 1 N–H and O–H groups in total. The van der Waals surface area contributed by atoms with Gasteiger partial charge in [0, 0.05) is 17.6 Å². The highest BCUT2D eigenvalue weighted by Crippen LogP contribution is 2.32. The summed E-state index contributed by atoms with van der Waals surface area (Å²) in [6.07, 6.45) is -2.52. The molecule has 27 heavy (non-hydrogen) atoms. The average molecular weight is 392 g/mol. The van der Waals surface area contributed by atoms with Crippen molar-refractivity contribution in [3.8, 4) is 16.9 Å². The van der Waals surface area contributed by atoms with Crippen molar-refractivity contribution in [3.05, 3.63) is 64.9 Å².